The Bertz CT molecular complexity index is 2480. The fraction of sp³-hybridized carbons (Fsp3) is 0.588. The lowest BCUT2D eigenvalue weighted by Gasteiger charge is -2.35. The zero-order valence-electron chi connectivity index (χ0n) is 39.8. The highest BCUT2D eigenvalue weighted by atomic mass is 32.2. The van der Waals surface area contributed by atoms with Crippen molar-refractivity contribution >= 4 is 44.7 Å². The zero-order valence-corrected chi connectivity index (χ0v) is 40.7. The van der Waals surface area contributed by atoms with E-state index in [0.29, 0.717) is 69.1 Å². The van der Waals surface area contributed by atoms with Crippen molar-refractivity contribution in [1.82, 2.24) is 30.1 Å². The van der Waals surface area contributed by atoms with Gasteiger partial charge >= 0.3 is 6.09 Å². The lowest BCUT2D eigenvalue weighted by Crippen LogP contribution is -2.60. The summed E-state index contributed by atoms with van der Waals surface area (Å²) >= 11 is 0. The number of rotatable bonds is 15. The van der Waals surface area contributed by atoms with E-state index in [1.54, 1.807) is 6.92 Å². The number of carbonyl (C=O) groups excluding carboxylic acids is 4. The summed E-state index contributed by atoms with van der Waals surface area (Å²) in [6.07, 6.45) is 6.26. The minimum absolute atomic E-state index is 0.00169. The highest BCUT2D eigenvalue weighted by molar-refractivity contribution is 7.91. The molecule has 3 saturated carbocycles. The largest absolute Gasteiger partial charge is 0.492 e. The molecule has 3 heterocycles. The molecule has 3 aliphatic carbocycles. The molecule has 0 spiro atoms. The first kappa shape index (κ1) is 49.2. The van der Waals surface area contributed by atoms with Crippen LogP contribution in [-0.4, -0.2) is 120 Å². The van der Waals surface area contributed by atoms with E-state index in [0.717, 1.165) is 48.6 Å². The van der Waals surface area contributed by atoms with Crippen molar-refractivity contribution in [1.29, 1.82) is 0 Å². The molecule has 0 unspecified atom stereocenters. The molecule has 17 heteroatoms. The second-order valence-corrected chi connectivity index (χ2v) is 23.0. The number of aromatic nitrogens is 1. The van der Waals surface area contributed by atoms with Gasteiger partial charge in [0.05, 0.1) is 35.6 Å². The Morgan fingerprint density at radius 1 is 1.04 bits per heavy atom. The second kappa shape index (κ2) is 20.0. The minimum Gasteiger partial charge on any atom is -0.492 e. The van der Waals surface area contributed by atoms with Crippen molar-refractivity contribution < 1.29 is 46.9 Å². The molecule has 8 rings (SSSR count). The number of aliphatic hydroxyl groups is 1. The molecular formula is C51H68N6O10S. The molecule has 7 atom stereocenters. The van der Waals surface area contributed by atoms with Crippen LogP contribution in [0.3, 0.4) is 0 Å². The molecule has 0 radical (unpaired) electrons. The van der Waals surface area contributed by atoms with Crippen LogP contribution >= 0.6 is 0 Å². The predicted molar refractivity (Wildman–Crippen MR) is 256 cm³/mol. The lowest BCUT2D eigenvalue weighted by atomic mass is 9.85. The van der Waals surface area contributed by atoms with Crippen LogP contribution < -0.4 is 24.8 Å². The number of nitrogens with one attached hydrogen (secondary N) is 3. The van der Waals surface area contributed by atoms with Crippen LogP contribution in [0.1, 0.15) is 103 Å². The molecule has 3 aromatic rings. The Kier molecular flexibility index (Phi) is 14.5. The van der Waals surface area contributed by atoms with Crippen molar-refractivity contribution in [3.05, 3.63) is 78.4 Å². The van der Waals surface area contributed by atoms with Gasteiger partial charge in [-0.25, -0.2) is 18.2 Å². The third kappa shape index (κ3) is 10.9. The third-order valence-corrected chi connectivity index (χ3v) is 16.6. The van der Waals surface area contributed by atoms with Crippen LogP contribution in [0.15, 0.2) is 67.3 Å². The predicted octanol–water partition coefficient (Wildman–Crippen LogP) is 5.55. The first-order valence-corrected chi connectivity index (χ1v) is 25.8. The molecule has 2 aliphatic heterocycles. The van der Waals surface area contributed by atoms with Gasteiger partial charge in [0.1, 0.15) is 35.6 Å². The van der Waals surface area contributed by atoms with Crippen LogP contribution in [0.5, 0.6) is 11.6 Å². The van der Waals surface area contributed by atoms with Crippen molar-refractivity contribution in [2.75, 3.05) is 32.8 Å². The first-order chi connectivity index (χ1) is 32.4. The highest BCUT2D eigenvalue weighted by Crippen LogP contribution is 2.47. The minimum atomic E-state index is -4.03. The van der Waals surface area contributed by atoms with Gasteiger partial charge < -0.3 is 34.9 Å². The average molecular weight is 957 g/mol. The number of nitrogens with zero attached hydrogens (tertiary/aromatic N) is 3. The number of aliphatic hydroxyl groups excluding tert-OH is 1. The Morgan fingerprint density at radius 2 is 1.79 bits per heavy atom. The van der Waals surface area contributed by atoms with E-state index in [4.69, 9.17) is 19.2 Å². The summed E-state index contributed by atoms with van der Waals surface area (Å²) in [6.45, 7) is 13.2. The summed E-state index contributed by atoms with van der Waals surface area (Å²) in [5.41, 5.74) is 0.170. The number of hydrogen-bond acceptors (Lipinski definition) is 12. The number of para-hydroxylation sites is 1. The summed E-state index contributed by atoms with van der Waals surface area (Å²) < 4.78 is 47.1. The molecule has 16 nitrogen and oxygen atoms in total. The van der Waals surface area contributed by atoms with Crippen LogP contribution in [0.4, 0.5) is 4.79 Å². The molecule has 4 N–H and O–H groups in total. The number of amides is 4. The summed E-state index contributed by atoms with van der Waals surface area (Å²) in [6, 6.07) is 15.6. The van der Waals surface area contributed by atoms with E-state index < -0.39 is 73.6 Å². The fourth-order valence-electron chi connectivity index (χ4n) is 9.71. The van der Waals surface area contributed by atoms with Gasteiger partial charge in [-0.15, -0.1) is 6.58 Å². The molecule has 368 valence electrons. The van der Waals surface area contributed by atoms with Crippen LogP contribution in [0, 0.1) is 17.3 Å². The molecule has 5 aliphatic rings. The monoisotopic (exact) mass is 956 g/mol. The van der Waals surface area contributed by atoms with Crippen molar-refractivity contribution in [2.24, 2.45) is 17.3 Å². The maximum atomic E-state index is 14.9. The third-order valence-electron chi connectivity index (χ3n) is 14.4. The van der Waals surface area contributed by atoms with Gasteiger partial charge in [0.2, 0.25) is 27.7 Å². The van der Waals surface area contributed by atoms with Gasteiger partial charge in [-0.1, -0.05) is 82.2 Å². The Morgan fingerprint density at radius 3 is 2.50 bits per heavy atom. The fourth-order valence-corrected chi connectivity index (χ4v) is 11.0. The number of carbonyl (C=O) groups is 4. The van der Waals surface area contributed by atoms with Gasteiger partial charge in [0.15, 0.2) is 0 Å². The van der Waals surface area contributed by atoms with Gasteiger partial charge in [-0.3, -0.25) is 24.0 Å². The summed E-state index contributed by atoms with van der Waals surface area (Å²) in [7, 11) is -4.03. The van der Waals surface area contributed by atoms with Gasteiger partial charge in [-0.05, 0) is 87.3 Å². The molecule has 1 saturated heterocycles. The van der Waals surface area contributed by atoms with E-state index in [1.165, 1.54) is 11.0 Å². The summed E-state index contributed by atoms with van der Waals surface area (Å²) in [5, 5.41) is 16.4. The second-order valence-electron chi connectivity index (χ2n) is 20.8. The van der Waals surface area contributed by atoms with Gasteiger partial charge in [0, 0.05) is 37.4 Å². The molecule has 68 heavy (non-hydrogen) atoms. The maximum Gasteiger partial charge on any atom is 0.408 e. The zero-order chi connectivity index (χ0) is 48.4. The van der Waals surface area contributed by atoms with Crippen molar-refractivity contribution in [3.8, 4) is 11.6 Å². The number of pyridine rings is 1. The number of ether oxygens (including phenoxy) is 3. The average Bonchev–Trinajstić information content (AvgIpc) is 4.26. The summed E-state index contributed by atoms with van der Waals surface area (Å²) in [5.74, 6) is -1.39. The first-order valence-electron chi connectivity index (χ1n) is 24.3. The van der Waals surface area contributed by atoms with Crippen LogP contribution in [0.25, 0.3) is 10.9 Å². The number of sulfonamides is 1. The molecule has 4 amide bonds. The highest BCUT2D eigenvalue weighted by Gasteiger charge is 2.63. The number of fused-ring (bicyclic) bond motifs is 5. The van der Waals surface area contributed by atoms with Crippen molar-refractivity contribution in [2.45, 2.75) is 139 Å². The number of alkyl carbamates (subject to hydrolysis) is 1. The topological polar surface area (TPSA) is 206 Å². The Labute approximate surface area is 400 Å². The van der Waals surface area contributed by atoms with E-state index in [1.807, 2.05) is 63.2 Å². The van der Waals surface area contributed by atoms with Crippen LogP contribution in [-0.2, 0) is 42.1 Å². The van der Waals surface area contributed by atoms with Gasteiger partial charge in [-0.2, -0.15) is 0 Å². The number of benzene rings is 2. The van der Waals surface area contributed by atoms with Gasteiger partial charge in [0.25, 0.3) is 5.91 Å². The van der Waals surface area contributed by atoms with E-state index in [2.05, 4.69) is 39.0 Å². The smallest absolute Gasteiger partial charge is 0.408 e. The Hall–Kier alpha value is -5.26. The Balaban J connectivity index is 1.10. The summed E-state index contributed by atoms with van der Waals surface area (Å²) in [4.78, 5) is 65.6. The molecular weight excluding hydrogens is 889 g/mol. The van der Waals surface area contributed by atoms with E-state index in [9.17, 15) is 32.7 Å². The van der Waals surface area contributed by atoms with E-state index >= 15 is 0 Å². The normalized spacial score (nSPS) is 27.0. The standard InChI is InChI=1S/C51H68N6O10S/c1-6-35-30-51(35,47(61)55-68(63,64)50(5)22-23-50)54-44(59)40-29-36-32-57(40)46(60)43(49(2,3)4)53-48(62)67-41-28-34(41)18-11-8-12-20-38-42(37-19-13-14-21-39(37)52-45(38)66-36)65-27-15-24-56(25-26-58)31-33-16-9-7-10-17-33/h6-7,9-10,13-14,16-17,19,21,34-36,40-41,43,58H,1,8,11-12,15,18,20,22-32H2,2-5H3,(H,53,62)(H,54,59)(H,55,61)/t34-,35-,36-,40+,41-,43-,51-/m1/s1. The quantitative estimate of drug-likeness (QED) is 0.109. The lowest BCUT2D eigenvalue weighted by molar-refractivity contribution is -0.142. The number of hydrogen-bond donors (Lipinski definition) is 4. The molecule has 2 bridgehead atoms. The van der Waals surface area contributed by atoms with Crippen molar-refractivity contribution in [3.63, 3.8) is 0 Å². The SMILES string of the molecule is C=C[C@@H]1C[C@]1(NC(=O)[C@@H]1C[C@@H]2CN1C(=O)[C@H](C(C)(C)C)NC(=O)O[C@@H]1C[C@H]1CCCCCc1c(nc3ccccc3c1OCCCN(CCO)Cc1ccccc1)O2)C(=O)NS(=O)(=O)C1(C)CC1. The molecule has 2 aromatic carbocycles. The maximum absolute atomic E-state index is 14.9. The van der Waals surface area contributed by atoms with E-state index in [-0.39, 0.29) is 38.0 Å². The molecule has 4 fully saturated rings. The van der Waals surface area contributed by atoms with Crippen LogP contribution in [0.2, 0.25) is 0 Å². The molecule has 1 aromatic heterocycles.